The van der Waals surface area contributed by atoms with Crippen molar-refractivity contribution in [2.75, 3.05) is 0 Å². The summed E-state index contributed by atoms with van der Waals surface area (Å²) in [4.78, 5) is 0. The van der Waals surface area contributed by atoms with E-state index < -0.39 is 0 Å². The highest BCUT2D eigenvalue weighted by Crippen LogP contribution is 2.18. The molecule has 1 rings (SSSR count). The molecule has 3 heteroatoms. The predicted molar refractivity (Wildman–Crippen MR) is 67.8 cm³/mol. The van der Waals surface area contributed by atoms with Gasteiger partial charge in [-0.15, -0.1) is 0 Å². The summed E-state index contributed by atoms with van der Waals surface area (Å²) < 4.78 is 19.2. The van der Waals surface area contributed by atoms with Crippen molar-refractivity contribution >= 4 is 15.9 Å². The Bertz CT molecular complexity index is 339. The Hall–Kier alpha value is -0.410. The minimum atomic E-state index is -0.237. The second-order valence-electron chi connectivity index (χ2n) is 4.50. The van der Waals surface area contributed by atoms with Crippen molar-refractivity contribution in [1.29, 1.82) is 0 Å². The van der Waals surface area contributed by atoms with Crippen LogP contribution in [-0.2, 0) is 11.3 Å². The van der Waals surface area contributed by atoms with Crippen LogP contribution in [0.15, 0.2) is 22.7 Å². The van der Waals surface area contributed by atoms with Gasteiger partial charge in [0.2, 0.25) is 0 Å². The van der Waals surface area contributed by atoms with Crippen LogP contribution < -0.4 is 0 Å². The van der Waals surface area contributed by atoms with Gasteiger partial charge < -0.3 is 4.74 Å². The van der Waals surface area contributed by atoms with Gasteiger partial charge in [0, 0.05) is 0 Å². The van der Waals surface area contributed by atoms with Crippen molar-refractivity contribution in [3.63, 3.8) is 0 Å². The highest BCUT2D eigenvalue weighted by molar-refractivity contribution is 9.10. The van der Waals surface area contributed by atoms with Gasteiger partial charge in [0.05, 0.1) is 17.2 Å². The largest absolute Gasteiger partial charge is 0.374 e. The quantitative estimate of drug-likeness (QED) is 0.773. The molecule has 0 aromatic heterocycles. The molecule has 0 heterocycles. The molecule has 1 aromatic carbocycles. The zero-order chi connectivity index (χ0) is 12.1. The van der Waals surface area contributed by atoms with Crippen LogP contribution in [0.25, 0.3) is 0 Å². The van der Waals surface area contributed by atoms with Crippen molar-refractivity contribution in [2.45, 2.75) is 39.9 Å². The van der Waals surface area contributed by atoms with Crippen molar-refractivity contribution in [3.05, 3.63) is 34.1 Å². The van der Waals surface area contributed by atoms with E-state index in [0.717, 1.165) is 12.0 Å². The molecule has 0 amide bonds. The Balaban J connectivity index is 2.45. The molecule has 0 saturated carbocycles. The Labute approximate surface area is 105 Å². The normalized spacial score (nSPS) is 13.1. The van der Waals surface area contributed by atoms with Crippen LogP contribution in [0, 0.1) is 11.7 Å². The van der Waals surface area contributed by atoms with Gasteiger partial charge in [-0.1, -0.05) is 19.9 Å². The van der Waals surface area contributed by atoms with E-state index in [4.69, 9.17) is 4.74 Å². The molecule has 1 atom stereocenters. The molecule has 0 aliphatic carbocycles. The molecular weight excluding hydrogens is 271 g/mol. The second kappa shape index (κ2) is 6.36. The summed E-state index contributed by atoms with van der Waals surface area (Å²) in [6.45, 7) is 6.95. The van der Waals surface area contributed by atoms with Crippen LogP contribution >= 0.6 is 15.9 Å². The molecule has 0 spiro atoms. The first-order valence-corrected chi connectivity index (χ1v) is 6.34. The average Bonchev–Trinajstić information content (AvgIpc) is 2.19. The fourth-order valence-corrected chi connectivity index (χ4v) is 2.03. The van der Waals surface area contributed by atoms with Gasteiger partial charge in [-0.25, -0.2) is 4.39 Å². The average molecular weight is 289 g/mol. The Morgan fingerprint density at radius 2 is 2.00 bits per heavy atom. The molecule has 0 N–H and O–H groups in total. The van der Waals surface area contributed by atoms with Gasteiger partial charge in [0.25, 0.3) is 0 Å². The van der Waals surface area contributed by atoms with Crippen LogP contribution in [0.2, 0.25) is 0 Å². The summed E-state index contributed by atoms with van der Waals surface area (Å²) in [6, 6.07) is 4.97. The van der Waals surface area contributed by atoms with E-state index >= 15 is 0 Å². The Morgan fingerprint density at radius 3 is 2.56 bits per heavy atom. The summed E-state index contributed by atoms with van der Waals surface area (Å²) in [5.74, 6) is 0.397. The minimum Gasteiger partial charge on any atom is -0.374 e. The molecule has 1 aromatic rings. The lowest BCUT2D eigenvalue weighted by Gasteiger charge is -2.15. The smallest absolute Gasteiger partial charge is 0.137 e. The van der Waals surface area contributed by atoms with Crippen LogP contribution in [0.1, 0.15) is 32.8 Å². The van der Waals surface area contributed by atoms with Gasteiger partial charge in [-0.05, 0) is 52.9 Å². The fraction of sp³-hybridized carbons (Fsp3) is 0.538. The van der Waals surface area contributed by atoms with Gasteiger partial charge in [-0.3, -0.25) is 0 Å². The molecule has 0 bridgehead atoms. The molecule has 1 nitrogen and oxygen atoms in total. The van der Waals surface area contributed by atoms with E-state index in [9.17, 15) is 4.39 Å². The number of halogens is 2. The van der Waals surface area contributed by atoms with E-state index in [2.05, 4.69) is 36.7 Å². The lowest BCUT2D eigenvalue weighted by atomic mass is 10.1. The predicted octanol–water partition coefficient (Wildman–Crippen LogP) is 4.54. The van der Waals surface area contributed by atoms with E-state index in [0.29, 0.717) is 17.0 Å². The van der Waals surface area contributed by atoms with Crippen LogP contribution in [0.5, 0.6) is 0 Å². The minimum absolute atomic E-state index is 0.237. The lowest BCUT2D eigenvalue weighted by molar-refractivity contribution is 0.0396. The molecule has 1 unspecified atom stereocenters. The summed E-state index contributed by atoms with van der Waals surface area (Å²) in [6.07, 6.45) is 1.28. The van der Waals surface area contributed by atoms with Gasteiger partial charge in [0.1, 0.15) is 5.82 Å². The summed E-state index contributed by atoms with van der Waals surface area (Å²) in [5.41, 5.74) is 0.990. The Kier molecular flexibility index (Phi) is 5.42. The first kappa shape index (κ1) is 13.7. The molecule has 0 aliphatic rings. The van der Waals surface area contributed by atoms with E-state index in [1.54, 1.807) is 12.1 Å². The van der Waals surface area contributed by atoms with Crippen LogP contribution in [0.4, 0.5) is 4.39 Å². The topological polar surface area (TPSA) is 9.23 Å². The lowest BCUT2D eigenvalue weighted by Crippen LogP contribution is -2.11. The third kappa shape index (κ3) is 4.62. The van der Waals surface area contributed by atoms with Crippen LogP contribution in [0.3, 0.4) is 0 Å². The van der Waals surface area contributed by atoms with E-state index in [1.165, 1.54) is 6.07 Å². The third-order valence-corrected chi connectivity index (χ3v) is 2.93. The number of rotatable bonds is 5. The first-order chi connectivity index (χ1) is 7.49. The molecule has 90 valence electrons. The zero-order valence-electron chi connectivity index (χ0n) is 9.97. The molecular formula is C13H18BrFO. The zero-order valence-corrected chi connectivity index (χ0v) is 11.6. The number of hydrogen-bond acceptors (Lipinski definition) is 1. The van der Waals surface area contributed by atoms with Gasteiger partial charge in [-0.2, -0.15) is 0 Å². The number of hydrogen-bond donors (Lipinski definition) is 0. The monoisotopic (exact) mass is 288 g/mol. The second-order valence-corrected chi connectivity index (χ2v) is 5.35. The fourth-order valence-electron chi connectivity index (χ4n) is 1.60. The van der Waals surface area contributed by atoms with Crippen molar-refractivity contribution in [1.82, 2.24) is 0 Å². The van der Waals surface area contributed by atoms with Crippen molar-refractivity contribution in [3.8, 4) is 0 Å². The standard InChI is InChI=1S/C13H18BrFO/c1-9(2)6-10(3)16-8-11-4-5-13(15)12(14)7-11/h4-5,7,9-10H,6,8H2,1-3H3. The molecule has 0 radical (unpaired) electrons. The molecule has 16 heavy (non-hydrogen) atoms. The first-order valence-electron chi connectivity index (χ1n) is 5.54. The molecule has 0 fully saturated rings. The highest BCUT2D eigenvalue weighted by atomic mass is 79.9. The number of ether oxygens (including phenoxy) is 1. The maximum absolute atomic E-state index is 13.0. The summed E-state index contributed by atoms with van der Waals surface area (Å²) >= 11 is 3.16. The van der Waals surface area contributed by atoms with E-state index in [1.807, 2.05) is 0 Å². The van der Waals surface area contributed by atoms with Crippen molar-refractivity contribution in [2.24, 2.45) is 5.92 Å². The highest BCUT2D eigenvalue weighted by Gasteiger charge is 2.06. The summed E-state index contributed by atoms with van der Waals surface area (Å²) in [7, 11) is 0. The maximum Gasteiger partial charge on any atom is 0.137 e. The van der Waals surface area contributed by atoms with E-state index in [-0.39, 0.29) is 11.9 Å². The van der Waals surface area contributed by atoms with Crippen molar-refractivity contribution < 1.29 is 9.13 Å². The van der Waals surface area contributed by atoms with Crippen LogP contribution in [-0.4, -0.2) is 6.10 Å². The summed E-state index contributed by atoms with van der Waals surface area (Å²) in [5, 5.41) is 0. The Morgan fingerprint density at radius 1 is 1.31 bits per heavy atom. The third-order valence-electron chi connectivity index (χ3n) is 2.32. The SMILES string of the molecule is CC(C)CC(C)OCc1ccc(F)c(Br)c1. The molecule has 0 aliphatic heterocycles. The molecule has 0 saturated heterocycles. The maximum atomic E-state index is 13.0. The number of benzene rings is 1. The van der Waals surface area contributed by atoms with Gasteiger partial charge >= 0.3 is 0 Å². The van der Waals surface area contributed by atoms with Gasteiger partial charge in [0.15, 0.2) is 0 Å².